The van der Waals surface area contributed by atoms with Gasteiger partial charge in [-0.2, -0.15) is 4.31 Å². The van der Waals surface area contributed by atoms with Crippen LogP contribution in [0.4, 0.5) is 0 Å². The molecule has 0 saturated carbocycles. The highest BCUT2D eigenvalue weighted by Crippen LogP contribution is 2.29. The van der Waals surface area contributed by atoms with Crippen molar-refractivity contribution in [3.8, 4) is 0 Å². The molecule has 5 nitrogen and oxygen atoms in total. The van der Waals surface area contributed by atoms with Gasteiger partial charge in [-0.1, -0.05) is 25.2 Å². The van der Waals surface area contributed by atoms with E-state index >= 15 is 0 Å². The van der Waals surface area contributed by atoms with Crippen LogP contribution in [0, 0.1) is 18.8 Å². The van der Waals surface area contributed by atoms with E-state index in [4.69, 9.17) is 0 Å². The first-order chi connectivity index (χ1) is 7.82. The van der Waals surface area contributed by atoms with Crippen LogP contribution < -0.4 is 4.87 Å². The van der Waals surface area contributed by atoms with Crippen LogP contribution in [-0.2, 0) is 10.0 Å². The molecule has 1 aliphatic heterocycles. The average molecular weight is 276 g/mol. The van der Waals surface area contributed by atoms with Crippen LogP contribution in [0.25, 0.3) is 0 Å². The molecule has 1 saturated heterocycles. The number of aryl methyl sites for hydroxylation is 1. The molecule has 0 aromatic carbocycles. The molecule has 0 aliphatic carbocycles. The molecule has 1 aromatic rings. The Morgan fingerprint density at radius 3 is 2.24 bits per heavy atom. The zero-order valence-corrected chi connectivity index (χ0v) is 11.7. The summed E-state index contributed by atoms with van der Waals surface area (Å²) >= 11 is 0.770. The van der Waals surface area contributed by atoms with Gasteiger partial charge in [0.2, 0.25) is 0 Å². The predicted octanol–water partition coefficient (Wildman–Crippen LogP) is 1.02. The molecule has 2 atom stereocenters. The molecule has 1 fully saturated rings. The fraction of sp³-hybridized carbons (Fsp3) is 0.700. The molecule has 2 rings (SSSR count). The van der Waals surface area contributed by atoms with Crippen molar-refractivity contribution in [2.45, 2.75) is 25.0 Å². The molecule has 0 bridgehead atoms. The topological polar surface area (TPSA) is 70.2 Å². The van der Waals surface area contributed by atoms with Gasteiger partial charge < -0.3 is 4.98 Å². The maximum absolute atomic E-state index is 12.3. The third-order valence-corrected chi connectivity index (χ3v) is 6.72. The van der Waals surface area contributed by atoms with Crippen molar-refractivity contribution in [2.24, 2.45) is 11.8 Å². The highest BCUT2D eigenvalue weighted by atomic mass is 32.2. The molecule has 17 heavy (non-hydrogen) atoms. The lowest BCUT2D eigenvalue weighted by Crippen LogP contribution is -2.28. The summed E-state index contributed by atoms with van der Waals surface area (Å²) in [7, 11) is -3.49. The van der Waals surface area contributed by atoms with E-state index in [0.717, 1.165) is 11.3 Å². The maximum atomic E-state index is 12.3. The minimum atomic E-state index is -3.49. The number of nitrogens with zero attached hydrogens (tertiary/aromatic N) is 1. The van der Waals surface area contributed by atoms with Crippen LogP contribution in [0.2, 0.25) is 0 Å². The number of sulfonamides is 1. The Bertz CT molecular complexity index is 563. The van der Waals surface area contributed by atoms with Crippen molar-refractivity contribution in [3.63, 3.8) is 0 Å². The zero-order valence-electron chi connectivity index (χ0n) is 10.1. The van der Waals surface area contributed by atoms with Crippen molar-refractivity contribution in [2.75, 3.05) is 13.1 Å². The van der Waals surface area contributed by atoms with E-state index in [1.165, 1.54) is 4.31 Å². The van der Waals surface area contributed by atoms with Crippen LogP contribution in [-0.4, -0.2) is 30.8 Å². The van der Waals surface area contributed by atoms with E-state index in [1.54, 1.807) is 6.92 Å². The SMILES string of the molecule is Cc1[nH]c(=O)sc1S(=O)(=O)N1CC(C)C(C)C1. The fourth-order valence-corrected chi connectivity index (χ4v) is 5.10. The molecule has 7 heteroatoms. The van der Waals surface area contributed by atoms with Gasteiger partial charge >= 0.3 is 4.87 Å². The Morgan fingerprint density at radius 1 is 1.29 bits per heavy atom. The molecule has 2 unspecified atom stereocenters. The van der Waals surface area contributed by atoms with E-state index in [9.17, 15) is 13.2 Å². The standard InChI is InChI=1S/C10H16N2O3S2/c1-6-4-12(5-7(6)2)17(14,15)9-8(3)11-10(13)16-9/h6-7H,4-5H2,1-3H3,(H,11,13). The first-order valence-corrected chi connectivity index (χ1v) is 7.78. The van der Waals surface area contributed by atoms with E-state index in [0.29, 0.717) is 30.6 Å². The molecule has 2 heterocycles. The number of aromatic amines is 1. The highest BCUT2D eigenvalue weighted by Gasteiger charge is 2.36. The third kappa shape index (κ3) is 2.19. The van der Waals surface area contributed by atoms with Gasteiger partial charge in [0, 0.05) is 18.8 Å². The van der Waals surface area contributed by atoms with Gasteiger partial charge in [-0.25, -0.2) is 8.42 Å². The molecule has 0 radical (unpaired) electrons. The Balaban J connectivity index is 2.38. The number of rotatable bonds is 2. The van der Waals surface area contributed by atoms with Gasteiger partial charge in [-0.05, 0) is 18.8 Å². The summed E-state index contributed by atoms with van der Waals surface area (Å²) in [4.78, 5) is 13.4. The van der Waals surface area contributed by atoms with Gasteiger partial charge in [0.25, 0.3) is 10.0 Å². The van der Waals surface area contributed by atoms with Crippen molar-refractivity contribution in [1.82, 2.24) is 9.29 Å². The van der Waals surface area contributed by atoms with Gasteiger partial charge in [0.05, 0.1) is 0 Å². The van der Waals surface area contributed by atoms with Gasteiger partial charge in [0.15, 0.2) is 4.21 Å². The lowest BCUT2D eigenvalue weighted by Gasteiger charge is -2.14. The van der Waals surface area contributed by atoms with Crippen LogP contribution in [0.3, 0.4) is 0 Å². The van der Waals surface area contributed by atoms with E-state index < -0.39 is 10.0 Å². The first-order valence-electron chi connectivity index (χ1n) is 5.52. The highest BCUT2D eigenvalue weighted by molar-refractivity contribution is 7.91. The van der Waals surface area contributed by atoms with Crippen molar-refractivity contribution in [1.29, 1.82) is 0 Å². The van der Waals surface area contributed by atoms with Crippen LogP contribution in [0.1, 0.15) is 19.5 Å². The van der Waals surface area contributed by atoms with Gasteiger partial charge in [0.1, 0.15) is 0 Å². The number of hydrogen-bond acceptors (Lipinski definition) is 4. The minimum Gasteiger partial charge on any atom is -0.315 e. The second kappa shape index (κ2) is 4.22. The van der Waals surface area contributed by atoms with Gasteiger partial charge in [-0.15, -0.1) is 0 Å². The second-order valence-electron chi connectivity index (χ2n) is 4.70. The van der Waals surface area contributed by atoms with Crippen molar-refractivity contribution >= 4 is 21.4 Å². The summed E-state index contributed by atoms with van der Waals surface area (Å²) in [5, 5.41) is 0. The summed E-state index contributed by atoms with van der Waals surface area (Å²) in [6.07, 6.45) is 0. The van der Waals surface area contributed by atoms with E-state index in [2.05, 4.69) is 4.98 Å². The molecule has 1 aliphatic rings. The Morgan fingerprint density at radius 2 is 1.82 bits per heavy atom. The minimum absolute atomic E-state index is 0.156. The lowest BCUT2D eigenvalue weighted by molar-refractivity contribution is 0.464. The molecular formula is C10H16N2O3S2. The molecule has 0 spiro atoms. The van der Waals surface area contributed by atoms with E-state index in [-0.39, 0.29) is 9.08 Å². The molecule has 0 amide bonds. The summed E-state index contributed by atoms with van der Waals surface area (Å²) in [5.41, 5.74) is 0.437. The third-order valence-electron chi connectivity index (χ3n) is 3.31. The number of hydrogen-bond donors (Lipinski definition) is 1. The monoisotopic (exact) mass is 276 g/mol. The molecule has 1 N–H and O–H groups in total. The van der Waals surface area contributed by atoms with E-state index in [1.807, 2.05) is 13.8 Å². The Labute approximate surface area is 105 Å². The largest absolute Gasteiger partial charge is 0.315 e. The summed E-state index contributed by atoms with van der Waals surface area (Å²) < 4.78 is 26.3. The number of thiazole rings is 1. The summed E-state index contributed by atoms with van der Waals surface area (Å²) in [6.45, 7) is 6.79. The fourth-order valence-electron chi connectivity index (χ4n) is 2.03. The zero-order chi connectivity index (χ0) is 12.8. The van der Waals surface area contributed by atoms with Crippen molar-refractivity contribution in [3.05, 3.63) is 15.4 Å². The Kier molecular flexibility index (Phi) is 3.17. The maximum Gasteiger partial charge on any atom is 0.305 e. The quantitative estimate of drug-likeness (QED) is 0.876. The van der Waals surface area contributed by atoms with Crippen LogP contribution >= 0.6 is 11.3 Å². The number of nitrogens with one attached hydrogen (secondary N) is 1. The Hall–Kier alpha value is -0.660. The van der Waals surface area contributed by atoms with Crippen LogP contribution in [0.5, 0.6) is 0 Å². The predicted molar refractivity (Wildman–Crippen MR) is 66.8 cm³/mol. The van der Waals surface area contributed by atoms with Crippen molar-refractivity contribution < 1.29 is 8.42 Å². The normalized spacial score (nSPS) is 26.5. The van der Waals surface area contributed by atoms with Gasteiger partial charge in [-0.3, -0.25) is 4.79 Å². The first kappa shape index (κ1) is 12.8. The number of H-pyrrole nitrogens is 1. The summed E-state index contributed by atoms with van der Waals surface area (Å²) in [5.74, 6) is 0.724. The van der Waals surface area contributed by atoms with Crippen LogP contribution in [0.15, 0.2) is 9.00 Å². The molecule has 96 valence electrons. The molecule has 1 aromatic heterocycles. The average Bonchev–Trinajstić information content (AvgIpc) is 2.72. The number of aromatic nitrogens is 1. The smallest absolute Gasteiger partial charge is 0.305 e. The second-order valence-corrected chi connectivity index (χ2v) is 7.82. The molecular weight excluding hydrogens is 260 g/mol. The lowest BCUT2D eigenvalue weighted by atomic mass is 10.0. The summed E-state index contributed by atoms with van der Waals surface area (Å²) in [6, 6.07) is 0.